The molecule has 0 spiro atoms. The number of nitrogens with zero attached hydrogens (tertiary/aromatic N) is 1. The lowest BCUT2D eigenvalue weighted by Crippen LogP contribution is -2.24. The molecule has 0 aliphatic carbocycles. The molecule has 2 aromatic rings. The molecule has 1 atom stereocenters. The van der Waals surface area contributed by atoms with E-state index < -0.39 is 0 Å². The Labute approximate surface area is 128 Å². The summed E-state index contributed by atoms with van der Waals surface area (Å²) in [4.78, 5) is 2.30. The van der Waals surface area contributed by atoms with Gasteiger partial charge in [-0.3, -0.25) is 0 Å². The first-order chi connectivity index (χ1) is 9.99. The van der Waals surface area contributed by atoms with E-state index >= 15 is 0 Å². The smallest absolute Gasteiger partial charge is 0.0393 e. The third kappa shape index (κ3) is 3.85. The van der Waals surface area contributed by atoms with Crippen LogP contribution in [0.5, 0.6) is 0 Å². The molecule has 112 valence electrons. The van der Waals surface area contributed by atoms with E-state index in [9.17, 15) is 0 Å². The number of aryl methyl sites for hydroxylation is 3. The van der Waals surface area contributed by atoms with Crippen LogP contribution in [0.15, 0.2) is 42.5 Å². The Balaban J connectivity index is 2.01. The molecule has 0 fully saturated rings. The van der Waals surface area contributed by atoms with Gasteiger partial charge in [-0.25, -0.2) is 0 Å². The van der Waals surface area contributed by atoms with Gasteiger partial charge in [-0.1, -0.05) is 42.0 Å². The van der Waals surface area contributed by atoms with Crippen LogP contribution in [0.3, 0.4) is 0 Å². The summed E-state index contributed by atoms with van der Waals surface area (Å²) in [6, 6.07) is 15.1. The number of hydrogen-bond acceptors (Lipinski definition) is 2. The van der Waals surface area contributed by atoms with Gasteiger partial charge in [0, 0.05) is 25.3 Å². The summed E-state index contributed by atoms with van der Waals surface area (Å²) < 4.78 is 0. The fraction of sp³-hybridized carbons (Fsp3) is 0.368. The Kier molecular flexibility index (Phi) is 5.03. The minimum Gasteiger partial charge on any atom is -0.374 e. The summed E-state index contributed by atoms with van der Waals surface area (Å²) in [6.07, 6.45) is 0.953. The maximum atomic E-state index is 6.36. The molecule has 0 amide bonds. The fourth-order valence-corrected chi connectivity index (χ4v) is 2.85. The fourth-order valence-electron chi connectivity index (χ4n) is 2.85. The SMILES string of the molecule is Cc1ccc(N(C)CCC(N)c2ccccc2C)c(C)c1. The number of nitrogens with two attached hydrogens (primary N) is 1. The van der Waals surface area contributed by atoms with Gasteiger partial charge in [0.15, 0.2) is 0 Å². The molecule has 0 radical (unpaired) electrons. The second-order valence-corrected chi connectivity index (χ2v) is 5.96. The van der Waals surface area contributed by atoms with E-state index in [-0.39, 0.29) is 6.04 Å². The van der Waals surface area contributed by atoms with Crippen LogP contribution in [-0.2, 0) is 0 Å². The monoisotopic (exact) mass is 282 g/mol. The first kappa shape index (κ1) is 15.6. The molecule has 1 unspecified atom stereocenters. The predicted octanol–water partition coefficient (Wildman–Crippen LogP) is 4.14. The van der Waals surface area contributed by atoms with Gasteiger partial charge in [-0.05, 0) is 49.9 Å². The van der Waals surface area contributed by atoms with Crippen molar-refractivity contribution in [3.05, 3.63) is 64.7 Å². The first-order valence-corrected chi connectivity index (χ1v) is 7.58. The van der Waals surface area contributed by atoms with Crippen molar-refractivity contribution in [2.45, 2.75) is 33.2 Å². The molecule has 0 saturated heterocycles. The lowest BCUT2D eigenvalue weighted by Gasteiger charge is -2.24. The third-order valence-electron chi connectivity index (χ3n) is 4.13. The van der Waals surface area contributed by atoms with Crippen LogP contribution in [0.4, 0.5) is 5.69 Å². The maximum absolute atomic E-state index is 6.36. The summed E-state index contributed by atoms with van der Waals surface area (Å²) in [5.74, 6) is 0. The van der Waals surface area contributed by atoms with E-state index in [1.807, 2.05) is 0 Å². The second kappa shape index (κ2) is 6.77. The van der Waals surface area contributed by atoms with E-state index in [1.54, 1.807) is 0 Å². The second-order valence-electron chi connectivity index (χ2n) is 5.96. The van der Waals surface area contributed by atoms with Crippen molar-refractivity contribution >= 4 is 5.69 Å². The largest absolute Gasteiger partial charge is 0.374 e. The van der Waals surface area contributed by atoms with Crippen LogP contribution < -0.4 is 10.6 Å². The quantitative estimate of drug-likeness (QED) is 0.893. The molecule has 2 heteroatoms. The zero-order chi connectivity index (χ0) is 15.4. The normalized spacial score (nSPS) is 12.2. The van der Waals surface area contributed by atoms with E-state index in [0.717, 1.165) is 13.0 Å². The van der Waals surface area contributed by atoms with Gasteiger partial charge in [0.2, 0.25) is 0 Å². The molecule has 2 nitrogen and oxygen atoms in total. The minimum atomic E-state index is 0.0967. The highest BCUT2D eigenvalue weighted by Crippen LogP contribution is 2.23. The van der Waals surface area contributed by atoms with Crippen molar-refractivity contribution in [3.8, 4) is 0 Å². The van der Waals surface area contributed by atoms with E-state index in [4.69, 9.17) is 5.73 Å². The van der Waals surface area contributed by atoms with E-state index in [2.05, 4.69) is 75.2 Å². The summed E-state index contributed by atoms with van der Waals surface area (Å²) >= 11 is 0. The molecule has 0 bridgehead atoms. The van der Waals surface area contributed by atoms with Crippen molar-refractivity contribution in [3.63, 3.8) is 0 Å². The van der Waals surface area contributed by atoms with Crippen LogP contribution in [0.1, 0.15) is 34.7 Å². The Morgan fingerprint density at radius 2 is 1.71 bits per heavy atom. The Morgan fingerprint density at radius 1 is 1.00 bits per heavy atom. The molecular formula is C19H26N2. The lowest BCUT2D eigenvalue weighted by atomic mass is 9.99. The molecule has 0 saturated carbocycles. The van der Waals surface area contributed by atoms with Crippen molar-refractivity contribution in [1.82, 2.24) is 0 Å². The highest BCUT2D eigenvalue weighted by molar-refractivity contribution is 5.53. The van der Waals surface area contributed by atoms with Crippen molar-refractivity contribution in [1.29, 1.82) is 0 Å². The summed E-state index contributed by atoms with van der Waals surface area (Å²) in [5.41, 5.74) is 12.8. The van der Waals surface area contributed by atoms with E-state index in [0.29, 0.717) is 0 Å². The molecule has 0 aliphatic heterocycles. The van der Waals surface area contributed by atoms with Crippen molar-refractivity contribution < 1.29 is 0 Å². The van der Waals surface area contributed by atoms with Gasteiger partial charge in [-0.15, -0.1) is 0 Å². The summed E-state index contributed by atoms with van der Waals surface area (Å²) in [5, 5.41) is 0. The third-order valence-corrected chi connectivity index (χ3v) is 4.13. The van der Waals surface area contributed by atoms with Gasteiger partial charge in [0.25, 0.3) is 0 Å². The Morgan fingerprint density at radius 3 is 2.38 bits per heavy atom. The topological polar surface area (TPSA) is 29.3 Å². The molecule has 0 aromatic heterocycles. The predicted molar refractivity (Wildman–Crippen MR) is 91.9 cm³/mol. The molecule has 0 aliphatic rings. The molecule has 2 aromatic carbocycles. The van der Waals surface area contributed by atoms with Gasteiger partial charge in [-0.2, -0.15) is 0 Å². The molecule has 21 heavy (non-hydrogen) atoms. The molecule has 2 rings (SSSR count). The number of anilines is 1. The summed E-state index contributed by atoms with van der Waals surface area (Å²) in [7, 11) is 2.14. The van der Waals surface area contributed by atoms with Crippen LogP contribution in [0.25, 0.3) is 0 Å². The average Bonchev–Trinajstić information content (AvgIpc) is 2.45. The van der Waals surface area contributed by atoms with Crippen molar-refractivity contribution in [2.24, 2.45) is 5.73 Å². The zero-order valence-corrected chi connectivity index (χ0v) is 13.6. The first-order valence-electron chi connectivity index (χ1n) is 7.58. The number of benzene rings is 2. The van der Waals surface area contributed by atoms with Gasteiger partial charge in [0.1, 0.15) is 0 Å². The summed E-state index contributed by atoms with van der Waals surface area (Å²) in [6.45, 7) is 7.38. The maximum Gasteiger partial charge on any atom is 0.0393 e. The van der Waals surface area contributed by atoms with Crippen LogP contribution in [-0.4, -0.2) is 13.6 Å². The average molecular weight is 282 g/mol. The molecule has 0 heterocycles. The Hall–Kier alpha value is -1.80. The Bertz CT molecular complexity index is 604. The highest BCUT2D eigenvalue weighted by atomic mass is 15.1. The molecule has 2 N–H and O–H groups in total. The van der Waals surface area contributed by atoms with Gasteiger partial charge >= 0.3 is 0 Å². The van der Waals surface area contributed by atoms with Gasteiger partial charge < -0.3 is 10.6 Å². The molecular weight excluding hydrogens is 256 g/mol. The van der Waals surface area contributed by atoms with Crippen molar-refractivity contribution in [2.75, 3.05) is 18.5 Å². The number of hydrogen-bond donors (Lipinski definition) is 1. The van der Waals surface area contributed by atoms with Crippen LogP contribution >= 0.6 is 0 Å². The standard InChI is InChI=1S/C19H26N2/c1-14-9-10-19(16(3)13-14)21(4)12-11-18(20)17-8-6-5-7-15(17)2/h5-10,13,18H,11-12,20H2,1-4H3. The minimum absolute atomic E-state index is 0.0967. The van der Waals surface area contributed by atoms with Crippen LogP contribution in [0, 0.1) is 20.8 Å². The van der Waals surface area contributed by atoms with Gasteiger partial charge in [0.05, 0.1) is 0 Å². The number of rotatable bonds is 5. The lowest BCUT2D eigenvalue weighted by molar-refractivity contribution is 0.642. The highest BCUT2D eigenvalue weighted by Gasteiger charge is 2.11. The zero-order valence-electron chi connectivity index (χ0n) is 13.6. The van der Waals surface area contributed by atoms with E-state index in [1.165, 1.54) is 27.9 Å². The van der Waals surface area contributed by atoms with Crippen LogP contribution in [0.2, 0.25) is 0 Å².